The molecule has 1 aliphatic rings. The van der Waals surface area contributed by atoms with Gasteiger partial charge >= 0.3 is 0 Å². The third-order valence-electron chi connectivity index (χ3n) is 5.74. The van der Waals surface area contributed by atoms with Crippen LogP contribution in [-0.2, 0) is 19.4 Å². The van der Waals surface area contributed by atoms with Gasteiger partial charge in [0.15, 0.2) is 0 Å². The molecule has 1 aliphatic heterocycles. The van der Waals surface area contributed by atoms with Crippen molar-refractivity contribution in [3.8, 4) is 11.3 Å². The summed E-state index contributed by atoms with van der Waals surface area (Å²) in [6.45, 7) is 6.29. The van der Waals surface area contributed by atoms with Crippen LogP contribution in [0.4, 0.5) is 8.78 Å². The maximum absolute atomic E-state index is 13.4. The van der Waals surface area contributed by atoms with Crippen LogP contribution in [0.15, 0.2) is 54.7 Å². The predicted molar refractivity (Wildman–Crippen MR) is 119 cm³/mol. The summed E-state index contributed by atoms with van der Waals surface area (Å²) in [6, 6.07) is 14.6. The van der Waals surface area contributed by atoms with Crippen molar-refractivity contribution in [2.75, 3.05) is 19.6 Å². The molecule has 4 rings (SSSR count). The molecular formula is C25H28F2N4. The summed E-state index contributed by atoms with van der Waals surface area (Å²) in [4.78, 5) is 11.6. The summed E-state index contributed by atoms with van der Waals surface area (Å²) in [5.74, 6) is -0.331. The number of rotatable bonds is 7. The molecule has 3 aromatic rings. The molecule has 0 unspecified atom stereocenters. The lowest BCUT2D eigenvalue weighted by atomic mass is 10.1. The minimum atomic E-state index is -0.539. The molecule has 31 heavy (non-hydrogen) atoms. The van der Waals surface area contributed by atoms with E-state index in [0.29, 0.717) is 24.4 Å². The normalized spacial score (nSPS) is 17.1. The second-order valence-corrected chi connectivity index (χ2v) is 8.21. The number of nitrogens with one attached hydrogen (secondary N) is 1. The van der Waals surface area contributed by atoms with Crippen LogP contribution >= 0.6 is 0 Å². The first-order valence-corrected chi connectivity index (χ1v) is 10.9. The van der Waals surface area contributed by atoms with Crippen LogP contribution < -0.4 is 5.32 Å². The second kappa shape index (κ2) is 10.1. The molecule has 2 aromatic carbocycles. The second-order valence-electron chi connectivity index (χ2n) is 8.21. The van der Waals surface area contributed by atoms with E-state index in [2.05, 4.69) is 46.4 Å². The Morgan fingerprint density at radius 2 is 1.87 bits per heavy atom. The number of piperazine rings is 1. The van der Waals surface area contributed by atoms with E-state index >= 15 is 0 Å². The van der Waals surface area contributed by atoms with Gasteiger partial charge < -0.3 is 5.32 Å². The zero-order chi connectivity index (χ0) is 21.6. The Bertz CT molecular complexity index is 1000. The maximum atomic E-state index is 13.4. The molecule has 1 N–H and O–H groups in total. The highest BCUT2D eigenvalue weighted by Crippen LogP contribution is 2.20. The molecule has 0 bridgehead atoms. The zero-order valence-corrected chi connectivity index (χ0v) is 17.8. The van der Waals surface area contributed by atoms with Crippen molar-refractivity contribution in [2.45, 2.75) is 38.8 Å². The lowest BCUT2D eigenvalue weighted by Gasteiger charge is -2.33. The highest BCUT2D eigenvalue weighted by molar-refractivity contribution is 5.59. The Balaban J connectivity index is 1.40. The quantitative estimate of drug-likeness (QED) is 0.613. The van der Waals surface area contributed by atoms with E-state index in [1.54, 1.807) is 6.20 Å². The van der Waals surface area contributed by atoms with Crippen LogP contribution in [0.5, 0.6) is 0 Å². The molecule has 6 heteroatoms. The third kappa shape index (κ3) is 5.93. The first-order chi connectivity index (χ1) is 15.1. The lowest BCUT2D eigenvalue weighted by molar-refractivity contribution is 0.165. The Morgan fingerprint density at radius 1 is 1.03 bits per heavy atom. The number of aryl methyl sites for hydroxylation is 2. The Kier molecular flexibility index (Phi) is 6.99. The van der Waals surface area contributed by atoms with E-state index in [0.717, 1.165) is 55.7 Å². The average molecular weight is 423 g/mol. The summed E-state index contributed by atoms with van der Waals surface area (Å²) >= 11 is 0. The van der Waals surface area contributed by atoms with E-state index in [9.17, 15) is 8.78 Å². The van der Waals surface area contributed by atoms with Crippen molar-refractivity contribution in [3.63, 3.8) is 0 Å². The van der Waals surface area contributed by atoms with Gasteiger partial charge in [-0.15, -0.1) is 0 Å². The van der Waals surface area contributed by atoms with Gasteiger partial charge in [-0.25, -0.2) is 18.7 Å². The molecule has 0 saturated carbocycles. The highest BCUT2D eigenvalue weighted by Gasteiger charge is 2.18. The minimum absolute atomic E-state index is 0.523. The van der Waals surface area contributed by atoms with Gasteiger partial charge in [-0.3, -0.25) is 4.90 Å². The van der Waals surface area contributed by atoms with E-state index < -0.39 is 11.6 Å². The van der Waals surface area contributed by atoms with Crippen LogP contribution in [0, 0.1) is 11.6 Å². The fourth-order valence-corrected chi connectivity index (χ4v) is 4.07. The van der Waals surface area contributed by atoms with Crippen molar-refractivity contribution in [3.05, 3.63) is 83.3 Å². The minimum Gasteiger partial charge on any atom is -0.314 e. The van der Waals surface area contributed by atoms with Gasteiger partial charge in [0.1, 0.15) is 17.5 Å². The molecule has 1 aromatic heterocycles. The van der Waals surface area contributed by atoms with Gasteiger partial charge in [0.25, 0.3) is 0 Å². The number of hydrogen-bond donors (Lipinski definition) is 1. The molecule has 1 saturated heterocycles. The van der Waals surface area contributed by atoms with Gasteiger partial charge in [-0.05, 0) is 55.2 Å². The molecular weight excluding hydrogens is 394 g/mol. The smallest absolute Gasteiger partial charge is 0.128 e. The van der Waals surface area contributed by atoms with E-state index in [1.807, 2.05) is 6.07 Å². The Morgan fingerprint density at radius 3 is 2.68 bits per heavy atom. The van der Waals surface area contributed by atoms with Crippen LogP contribution in [-0.4, -0.2) is 40.5 Å². The van der Waals surface area contributed by atoms with Crippen LogP contribution in [0.1, 0.15) is 30.3 Å². The molecule has 1 atom stereocenters. The first kappa shape index (κ1) is 21.5. The average Bonchev–Trinajstić information content (AvgIpc) is 2.75. The molecule has 162 valence electrons. The molecule has 4 nitrogen and oxygen atoms in total. The summed E-state index contributed by atoms with van der Waals surface area (Å²) in [6.07, 6.45) is 3.75. The largest absolute Gasteiger partial charge is 0.314 e. The number of nitrogens with zero attached hydrogens (tertiary/aromatic N) is 3. The molecule has 1 fully saturated rings. The molecule has 0 spiro atoms. The van der Waals surface area contributed by atoms with Crippen molar-refractivity contribution < 1.29 is 8.78 Å². The summed E-state index contributed by atoms with van der Waals surface area (Å²) < 4.78 is 26.7. The van der Waals surface area contributed by atoms with Crippen molar-refractivity contribution in [1.29, 1.82) is 0 Å². The van der Waals surface area contributed by atoms with Crippen molar-refractivity contribution in [1.82, 2.24) is 20.2 Å². The number of halogens is 2. The van der Waals surface area contributed by atoms with Crippen molar-refractivity contribution in [2.24, 2.45) is 0 Å². The maximum Gasteiger partial charge on any atom is 0.128 e. The number of aromatic nitrogens is 2. The monoisotopic (exact) mass is 422 g/mol. The SMILES string of the molecule is C[C@H]1CNCCN1Cc1cccc(-c2ccnc(CCCc3cc(F)cc(F)c3)n2)c1. The van der Waals surface area contributed by atoms with Gasteiger partial charge in [0.05, 0.1) is 5.69 Å². The Labute approximate surface area is 182 Å². The van der Waals surface area contributed by atoms with Gasteiger partial charge in [-0.2, -0.15) is 0 Å². The standard InChI is InChI=1S/C25H28F2N4/c1-18-16-28-10-11-31(18)17-20-5-2-6-21(12-20)24-8-9-29-25(30-24)7-3-4-19-13-22(26)15-23(27)14-19/h2,5-6,8-9,12-15,18,28H,3-4,7,10-11,16-17H2,1H3/t18-/m0/s1. The molecule has 0 amide bonds. The highest BCUT2D eigenvalue weighted by atomic mass is 19.1. The number of benzene rings is 2. The van der Waals surface area contributed by atoms with E-state index in [1.165, 1.54) is 17.7 Å². The van der Waals surface area contributed by atoms with Crippen LogP contribution in [0.3, 0.4) is 0 Å². The third-order valence-corrected chi connectivity index (χ3v) is 5.74. The topological polar surface area (TPSA) is 41.0 Å². The van der Waals surface area contributed by atoms with Gasteiger partial charge in [0, 0.05) is 56.5 Å². The summed E-state index contributed by atoms with van der Waals surface area (Å²) in [5, 5.41) is 3.43. The fourth-order valence-electron chi connectivity index (χ4n) is 4.07. The summed E-state index contributed by atoms with van der Waals surface area (Å²) in [5.41, 5.74) is 3.91. The van der Waals surface area contributed by atoms with Gasteiger partial charge in [-0.1, -0.05) is 18.2 Å². The lowest BCUT2D eigenvalue weighted by Crippen LogP contribution is -2.49. The summed E-state index contributed by atoms with van der Waals surface area (Å²) in [7, 11) is 0. The Hall–Kier alpha value is -2.70. The number of hydrogen-bond acceptors (Lipinski definition) is 4. The van der Waals surface area contributed by atoms with Crippen LogP contribution in [0.2, 0.25) is 0 Å². The van der Waals surface area contributed by atoms with Crippen LogP contribution in [0.25, 0.3) is 11.3 Å². The molecule has 2 heterocycles. The van der Waals surface area contributed by atoms with Crippen molar-refractivity contribution >= 4 is 0 Å². The zero-order valence-electron chi connectivity index (χ0n) is 17.8. The first-order valence-electron chi connectivity index (χ1n) is 10.9. The fraction of sp³-hybridized carbons (Fsp3) is 0.360. The van der Waals surface area contributed by atoms with E-state index in [-0.39, 0.29) is 0 Å². The van der Waals surface area contributed by atoms with E-state index in [4.69, 9.17) is 4.98 Å². The molecule has 0 radical (unpaired) electrons. The van der Waals surface area contributed by atoms with Gasteiger partial charge in [0.2, 0.25) is 0 Å². The predicted octanol–water partition coefficient (Wildman–Crippen LogP) is 4.39. The molecule has 0 aliphatic carbocycles.